The molecule has 8 heavy (non-hydrogen) atoms. The fraction of sp³-hybridized carbons (Fsp3) is 0.400. The molecular formula is C5H7O3-. The quantitative estimate of drug-likeness (QED) is 0.464. The van der Waals surface area contributed by atoms with Gasteiger partial charge in [-0.2, -0.15) is 0 Å². The van der Waals surface area contributed by atoms with Crippen molar-refractivity contribution in [3.63, 3.8) is 0 Å². The van der Waals surface area contributed by atoms with E-state index in [2.05, 4.69) is 6.58 Å². The number of hydrogen-bond acceptors (Lipinski definition) is 3. The molecule has 1 N–H and O–H groups in total. The van der Waals surface area contributed by atoms with Gasteiger partial charge in [0.1, 0.15) is 0 Å². The van der Waals surface area contributed by atoms with Crippen molar-refractivity contribution < 1.29 is 15.0 Å². The minimum Gasteiger partial charge on any atom is -0.550 e. The molecule has 0 aliphatic rings. The van der Waals surface area contributed by atoms with E-state index in [4.69, 9.17) is 5.11 Å². The van der Waals surface area contributed by atoms with E-state index in [1.54, 1.807) is 0 Å². The highest BCUT2D eigenvalue weighted by atomic mass is 16.4. The highest BCUT2D eigenvalue weighted by Gasteiger charge is 1.94. The second-order valence-corrected chi connectivity index (χ2v) is 1.38. The van der Waals surface area contributed by atoms with E-state index >= 15 is 0 Å². The average molecular weight is 115 g/mol. The van der Waals surface area contributed by atoms with Crippen LogP contribution in [0.15, 0.2) is 12.7 Å². The van der Waals surface area contributed by atoms with Crippen LogP contribution in [0, 0.1) is 0 Å². The zero-order valence-electron chi connectivity index (χ0n) is 4.33. The van der Waals surface area contributed by atoms with Crippen molar-refractivity contribution in [2.75, 3.05) is 0 Å². The van der Waals surface area contributed by atoms with Gasteiger partial charge in [-0.3, -0.25) is 0 Å². The zero-order chi connectivity index (χ0) is 6.57. The number of aliphatic hydroxyl groups is 1. The van der Waals surface area contributed by atoms with Crippen molar-refractivity contribution in [1.82, 2.24) is 0 Å². The van der Waals surface area contributed by atoms with E-state index in [0.29, 0.717) is 0 Å². The third kappa shape index (κ3) is 3.36. The number of hydrogen-bond donors (Lipinski definition) is 1. The summed E-state index contributed by atoms with van der Waals surface area (Å²) in [5.74, 6) is -1.27. The van der Waals surface area contributed by atoms with Gasteiger partial charge < -0.3 is 15.0 Å². The average Bonchev–Trinajstić information content (AvgIpc) is 1.65. The largest absolute Gasteiger partial charge is 0.550 e. The first kappa shape index (κ1) is 7.17. The fourth-order valence-corrected chi connectivity index (χ4v) is 0.254. The Hall–Kier alpha value is -0.830. The van der Waals surface area contributed by atoms with Crippen molar-refractivity contribution in [2.45, 2.75) is 12.5 Å². The molecule has 0 saturated heterocycles. The molecule has 0 spiro atoms. The molecule has 0 saturated carbocycles. The lowest BCUT2D eigenvalue weighted by molar-refractivity contribution is -0.306. The van der Waals surface area contributed by atoms with E-state index in [0.717, 1.165) is 6.08 Å². The van der Waals surface area contributed by atoms with Crippen LogP contribution in [0.5, 0.6) is 0 Å². The zero-order valence-corrected chi connectivity index (χ0v) is 4.33. The molecule has 0 rings (SSSR count). The van der Waals surface area contributed by atoms with Gasteiger partial charge in [0.25, 0.3) is 0 Å². The van der Waals surface area contributed by atoms with Crippen LogP contribution in [0.25, 0.3) is 0 Å². The third-order valence-corrected chi connectivity index (χ3v) is 0.648. The van der Waals surface area contributed by atoms with Crippen LogP contribution in [0.1, 0.15) is 6.42 Å². The monoisotopic (exact) mass is 115 g/mol. The van der Waals surface area contributed by atoms with Gasteiger partial charge in [-0.1, -0.05) is 6.08 Å². The molecule has 0 fully saturated rings. The Kier molecular flexibility index (Phi) is 2.88. The molecule has 0 bridgehead atoms. The molecule has 1 atom stereocenters. The molecule has 0 amide bonds. The van der Waals surface area contributed by atoms with Crippen molar-refractivity contribution in [3.8, 4) is 0 Å². The molecule has 0 heterocycles. The number of aliphatic carboxylic acids is 1. The van der Waals surface area contributed by atoms with Gasteiger partial charge in [-0.15, -0.1) is 6.58 Å². The molecule has 0 aromatic rings. The summed E-state index contributed by atoms with van der Waals surface area (Å²) in [7, 11) is 0. The molecule has 0 radical (unpaired) electrons. The van der Waals surface area contributed by atoms with E-state index in [1.165, 1.54) is 0 Å². The normalized spacial score (nSPS) is 12.6. The van der Waals surface area contributed by atoms with Gasteiger partial charge in [0, 0.05) is 12.4 Å². The van der Waals surface area contributed by atoms with Crippen LogP contribution >= 0.6 is 0 Å². The summed E-state index contributed by atoms with van der Waals surface area (Å²) in [4.78, 5) is 9.65. The van der Waals surface area contributed by atoms with Crippen LogP contribution in [0.2, 0.25) is 0 Å². The Bertz CT molecular complexity index is 97.8. The van der Waals surface area contributed by atoms with E-state index < -0.39 is 12.1 Å². The SMILES string of the molecule is C=CC(O)CC(=O)[O-]. The molecule has 0 aliphatic carbocycles. The summed E-state index contributed by atoms with van der Waals surface area (Å²) in [5, 5.41) is 18.1. The highest BCUT2D eigenvalue weighted by molar-refractivity contribution is 5.65. The smallest absolute Gasteiger partial charge is 0.0770 e. The Morgan fingerprint density at radius 2 is 2.50 bits per heavy atom. The lowest BCUT2D eigenvalue weighted by atomic mass is 10.2. The second kappa shape index (κ2) is 3.21. The van der Waals surface area contributed by atoms with Crippen molar-refractivity contribution in [2.24, 2.45) is 0 Å². The number of carboxylic acids is 1. The van der Waals surface area contributed by atoms with Gasteiger partial charge in [-0.05, 0) is 0 Å². The van der Waals surface area contributed by atoms with Crippen LogP contribution in [-0.2, 0) is 4.79 Å². The standard InChI is InChI=1S/C5H8O3/c1-2-4(6)3-5(7)8/h2,4,6H,1,3H2,(H,7,8)/p-1. The minimum atomic E-state index is -1.27. The first-order valence-corrected chi connectivity index (χ1v) is 2.17. The Morgan fingerprint density at radius 1 is 2.00 bits per heavy atom. The Morgan fingerprint density at radius 3 is 2.62 bits per heavy atom. The number of rotatable bonds is 3. The Labute approximate surface area is 47.3 Å². The summed E-state index contributed by atoms with van der Waals surface area (Å²) < 4.78 is 0. The molecule has 3 nitrogen and oxygen atoms in total. The van der Waals surface area contributed by atoms with Crippen molar-refractivity contribution in [3.05, 3.63) is 12.7 Å². The van der Waals surface area contributed by atoms with Gasteiger partial charge in [0.2, 0.25) is 0 Å². The van der Waals surface area contributed by atoms with Gasteiger partial charge in [0.15, 0.2) is 0 Å². The van der Waals surface area contributed by atoms with E-state index in [9.17, 15) is 9.90 Å². The van der Waals surface area contributed by atoms with Gasteiger partial charge >= 0.3 is 0 Å². The molecule has 1 unspecified atom stereocenters. The third-order valence-electron chi connectivity index (χ3n) is 0.648. The molecule has 3 heteroatoms. The minimum absolute atomic E-state index is 0.372. The molecular weight excluding hydrogens is 108 g/mol. The molecule has 0 aromatic heterocycles. The van der Waals surface area contributed by atoms with Gasteiger partial charge in [0.05, 0.1) is 6.10 Å². The number of carbonyl (C=O) groups excluding carboxylic acids is 1. The van der Waals surface area contributed by atoms with Gasteiger partial charge in [-0.25, -0.2) is 0 Å². The molecule has 0 aliphatic heterocycles. The van der Waals surface area contributed by atoms with Crippen molar-refractivity contribution in [1.29, 1.82) is 0 Å². The topological polar surface area (TPSA) is 60.4 Å². The first-order valence-electron chi connectivity index (χ1n) is 2.17. The van der Waals surface area contributed by atoms with Crippen LogP contribution in [0.4, 0.5) is 0 Å². The number of carboxylic acid groups (broad SMARTS) is 1. The highest BCUT2D eigenvalue weighted by Crippen LogP contribution is 1.87. The van der Waals surface area contributed by atoms with Crippen LogP contribution < -0.4 is 5.11 Å². The van der Waals surface area contributed by atoms with E-state index in [1.807, 2.05) is 0 Å². The molecule has 46 valence electrons. The summed E-state index contributed by atoms with van der Waals surface area (Å²) in [6.07, 6.45) is -0.195. The predicted molar refractivity (Wildman–Crippen MR) is 25.8 cm³/mol. The predicted octanol–water partition coefficient (Wildman–Crippen LogP) is -1.33. The maximum atomic E-state index is 9.65. The lowest BCUT2D eigenvalue weighted by Gasteiger charge is -2.03. The Balaban J connectivity index is 3.38. The summed E-state index contributed by atoms with van der Waals surface area (Å²) >= 11 is 0. The van der Waals surface area contributed by atoms with Crippen LogP contribution in [-0.4, -0.2) is 17.2 Å². The number of aliphatic hydroxyl groups excluding tert-OH is 1. The molecule has 0 aromatic carbocycles. The fourth-order valence-electron chi connectivity index (χ4n) is 0.254. The summed E-state index contributed by atoms with van der Waals surface area (Å²) in [5.41, 5.74) is 0. The second-order valence-electron chi connectivity index (χ2n) is 1.38. The summed E-state index contributed by atoms with van der Waals surface area (Å²) in [6.45, 7) is 3.17. The van der Waals surface area contributed by atoms with Crippen molar-refractivity contribution >= 4 is 5.97 Å². The van der Waals surface area contributed by atoms with E-state index in [-0.39, 0.29) is 6.42 Å². The lowest BCUT2D eigenvalue weighted by Crippen LogP contribution is -2.26. The first-order chi connectivity index (χ1) is 3.66. The maximum absolute atomic E-state index is 9.65. The summed E-state index contributed by atoms with van der Waals surface area (Å²) in [6, 6.07) is 0. The number of carbonyl (C=O) groups is 1. The maximum Gasteiger partial charge on any atom is 0.0770 e. The van der Waals surface area contributed by atoms with Crippen LogP contribution in [0.3, 0.4) is 0 Å².